The molecule has 0 N–H and O–H groups in total. The van der Waals surface area contributed by atoms with Gasteiger partial charge in [-0.3, -0.25) is 14.6 Å². The molecule has 1 aliphatic rings. The van der Waals surface area contributed by atoms with Gasteiger partial charge in [0.15, 0.2) is 5.76 Å². The third kappa shape index (κ3) is 3.66. The lowest BCUT2D eigenvalue weighted by molar-refractivity contribution is 0.0519. The van der Waals surface area contributed by atoms with E-state index in [1.54, 1.807) is 34.3 Å². The summed E-state index contributed by atoms with van der Waals surface area (Å²) in [6.07, 6.45) is 4.91. The molecule has 0 bridgehead atoms. The van der Waals surface area contributed by atoms with Crippen LogP contribution in [0.25, 0.3) is 22.2 Å². The molecule has 0 unspecified atom stereocenters. The van der Waals surface area contributed by atoms with Gasteiger partial charge < -0.3 is 14.2 Å². The standard InChI is InChI=1S/C24H20N4O3/c29-23(27-11-13-28(14-12-27)24(30)22-6-3-15-31-22)19-16-21(17-7-9-25-10-8-17)26-20-5-2-1-4-18(19)20/h1-10,15-16H,11-14H2. The molecule has 4 aromatic rings. The largest absolute Gasteiger partial charge is 0.459 e. The number of carbonyl (C=O) groups is 2. The first kappa shape index (κ1) is 19.0. The predicted molar refractivity (Wildman–Crippen MR) is 115 cm³/mol. The number of carbonyl (C=O) groups excluding carboxylic acids is 2. The Morgan fingerprint density at radius 3 is 2.26 bits per heavy atom. The lowest BCUT2D eigenvalue weighted by Crippen LogP contribution is -2.50. The molecule has 0 saturated carbocycles. The Bertz CT molecular complexity index is 1230. The highest BCUT2D eigenvalue weighted by atomic mass is 16.3. The fourth-order valence-corrected chi connectivity index (χ4v) is 3.86. The number of furan rings is 1. The van der Waals surface area contributed by atoms with E-state index in [0.717, 1.165) is 22.2 Å². The number of piperazine rings is 1. The zero-order valence-corrected chi connectivity index (χ0v) is 16.8. The van der Waals surface area contributed by atoms with Crippen molar-refractivity contribution in [2.75, 3.05) is 26.2 Å². The van der Waals surface area contributed by atoms with Crippen LogP contribution in [0.5, 0.6) is 0 Å². The third-order valence-corrected chi connectivity index (χ3v) is 5.51. The van der Waals surface area contributed by atoms with Crippen molar-refractivity contribution in [1.29, 1.82) is 0 Å². The molecular formula is C24H20N4O3. The molecular weight excluding hydrogens is 392 g/mol. The zero-order valence-electron chi connectivity index (χ0n) is 16.8. The summed E-state index contributed by atoms with van der Waals surface area (Å²) in [6.45, 7) is 1.86. The molecule has 3 aromatic heterocycles. The van der Waals surface area contributed by atoms with Gasteiger partial charge in [-0.2, -0.15) is 0 Å². The fourth-order valence-electron chi connectivity index (χ4n) is 3.86. The SMILES string of the molecule is O=C(c1ccco1)N1CCN(C(=O)c2cc(-c3ccncc3)nc3ccccc23)CC1. The smallest absolute Gasteiger partial charge is 0.289 e. The van der Waals surface area contributed by atoms with E-state index in [0.29, 0.717) is 37.5 Å². The second kappa shape index (κ2) is 8.02. The number of pyridine rings is 2. The molecule has 31 heavy (non-hydrogen) atoms. The van der Waals surface area contributed by atoms with Gasteiger partial charge in [0, 0.05) is 49.5 Å². The van der Waals surface area contributed by atoms with Gasteiger partial charge >= 0.3 is 0 Å². The van der Waals surface area contributed by atoms with Crippen molar-refractivity contribution in [2.45, 2.75) is 0 Å². The summed E-state index contributed by atoms with van der Waals surface area (Å²) in [7, 11) is 0. The maximum Gasteiger partial charge on any atom is 0.289 e. The summed E-state index contributed by atoms with van der Waals surface area (Å²) in [5, 5.41) is 0.819. The van der Waals surface area contributed by atoms with Crippen LogP contribution in [-0.2, 0) is 0 Å². The van der Waals surface area contributed by atoms with Crippen molar-refractivity contribution in [3.8, 4) is 11.3 Å². The van der Waals surface area contributed by atoms with E-state index in [-0.39, 0.29) is 11.8 Å². The molecule has 0 atom stereocenters. The van der Waals surface area contributed by atoms with Crippen molar-refractivity contribution in [3.63, 3.8) is 0 Å². The van der Waals surface area contributed by atoms with E-state index in [2.05, 4.69) is 4.98 Å². The highest BCUT2D eigenvalue weighted by Crippen LogP contribution is 2.26. The summed E-state index contributed by atoms with van der Waals surface area (Å²) >= 11 is 0. The highest BCUT2D eigenvalue weighted by Gasteiger charge is 2.27. The van der Waals surface area contributed by atoms with Crippen molar-refractivity contribution in [1.82, 2.24) is 19.8 Å². The van der Waals surface area contributed by atoms with Gasteiger partial charge in [0.05, 0.1) is 23.0 Å². The second-order valence-electron chi connectivity index (χ2n) is 7.37. The average molecular weight is 412 g/mol. The molecule has 1 aliphatic heterocycles. The van der Waals surface area contributed by atoms with E-state index < -0.39 is 0 Å². The molecule has 1 saturated heterocycles. The molecule has 0 aliphatic carbocycles. The van der Waals surface area contributed by atoms with E-state index in [4.69, 9.17) is 9.40 Å². The van der Waals surface area contributed by atoms with Crippen LogP contribution in [-0.4, -0.2) is 57.8 Å². The van der Waals surface area contributed by atoms with Crippen LogP contribution in [0.15, 0.2) is 77.7 Å². The third-order valence-electron chi connectivity index (χ3n) is 5.51. The molecule has 154 valence electrons. The van der Waals surface area contributed by atoms with E-state index in [9.17, 15) is 9.59 Å². The maximum atomic E-state index is 13.5. The average Bonchev–Trinajstić information content (AvgIpc) is 3.38. The molecule has 5 rings (SSSR count). The van der Waals surface area contributed by atoms with Crippen LogP contribution < -0.4 is 0 Å². The number of fused-ring (bicyclic) bond motifs is 1. The number of aromatic nitrogens is 2. The Balaban J connectivity index is 1.42. The number of benzene rings is 1. The molecule has 1 aromatic carbocycles. The normalized spacial score (nSPS) is 14.1. The second-order valence-corrected chi connectivity index (χ2v) is 7.37. The summed E-state index contributed by atoms with van der Waals surface area (Å²) < 4.78 is 5.21. The van der Waals surface area contributed by atoms with Gasteiger partial charge in [-0.15, -0.1) is 0 Å². The van der Waals surface area contributed by atoms with Gasteiger partial charge in [0.2, 0.25) is 0 Å². The highest BCUT2D eigenvalue weighted by molar-refractivity contribution is 6.07. The van der Waals surface area contributed by atoms with Crippen molar-refractivity contribution in [2.24, 2.45) is 0 Å². The summed E-state index contributed by atoms with van der Waals surface area (Å²) in [6, 6.07) is 16.6. The van der Waals surface area contributed by atoms with E-state index in [1.807, 2.05) is 42.5 Å². The molecule has 7 nitrogen and oxygen atoms in total. The van der Waals surface area contributed by atoms with Crippen LogP contribution in [0.2, 0.25) is 0 Å². The van der Waals surface area contributed by atoms with Crippen LogP contribution in [0.3, 0.4) is 0 Å². The Kier molecular flexibility index (Phi) is 4.92. The van der Waals surface area contributed by atoms with Gasteiger partial charge in [-0.25, -0.2) is 4.98 Å². The topological polar surface area (TPSA) is 79.5 Å². The quantitative estimate of drug-likeness (QED) is 0.515. The number of hydrogen-bond acceptors (Lipinski definition) is 5. The number of rotatable bonds is 3. The zero-order chi connectivity index (χ0) is 21.2. The van der Waals surface area contributed by atoms with Gasteiger partial charge in [0.25, 0.3) is 11.8 Å². The summed E-state index contributed by atoms with van der Waals surface area (Å²) in [4.78, 5) is 38.3. The first-order valence-corrected chi connectivity index (χ1v) is 10.1. The molecule has 0 spiro atoms. The fraction of sp³-hybridized carbons (Fsp3) is 0.167. The molecule has 1 fully saturated rings. The lowest BCUT2D eigenvalue weighted by Gasteiger charge is -2.34. The Labute approximate surface area is 178 Å². The Morgan fingerprint density at radius 2 is 1.55 bits per heavy atom. The molecule has 4 heterocycles. The first-order chi connectivity index (χ1) is 15.2. The lowest BCUT2D eigenvalue weighted by atomic mass is 10.0. The Morgan fingerprint density at radius 1 is 0.839 bits per heavy atom. The minimum Gasteiger partial charge on any atom is -0.459 e. The van der Waals surface area contributed by atoms with Crippen LogP contribution in [0.4, 0.5) is 0 Å². The van der Waals surface area contributed by atoms with E-state index >= 15 is 0 Å². The predicted octanol–water partition coefficient (Wildman–Crippen LogP) is 3.49. The number of hydrogen-bond donors (Lipinski definition) is 0. The minimum absolute atomic E-state index is 0.0565. The van der Waals surface area contributed by atoms with Gasteiger partial charge in [-0.05, 0) is 36.4 Å². The maximum absolute atomic E-state index is 13.5. The number of nitrogens with zero attached hydrogens (tertiary/aromatic N) is 4. The van der Waals surface area contributed by atoms with Crippen molar-refractivity contribution < 1.29 is 14.0 Å². The van der Waals surface area contributed by atoms with Crippen molar-refractivity contribution >= 4 is 22.7 Å². The van der Waals surface area contributed by atoms with Gasteiger partial charge in [0.1, 0.15) is 0 Å². The van der Waals surface area contributed by atoms with Crippen LogP contribution in [0, 0.1) is 0 Å². The summed E-state index contributed by atoms with van der Waals surface area (Å²) in [5.74, 6) is 0.118. The number of amides is 2. The van der Waals surface area contributed by atoms with E-state index in [1.165, 1.54) is 6.26 Å². The minimum atomic E-state index is -0.147. The van der Waals surface area contributed by atoms with Crippen LogP contribution >= 0.6 is 0 Å². The molecule has 0 radical (unpaired) electrons. The van der Waals surface area contributed by atoms with Gasteiger partial charge in [-0.1, -0.05) is 18.2 Å². The summed E-state index contributed by atoms with van der Waals surface area (Å²) in [5.41, 5.74) is 3.02. The number of para-hydroxylation sites is 1. The Hall–Kier alpha value is -4.00. The molecule has 7 heteroatoms. The molecule has 2 amide bonds. The van der Waals surface area contributed by atoms with Crippen LogP contribution in [0.1, 0.15) is 20.9 Å². The first-order valence-electron chi connectivity index (χ1n) is 10.1. The monoisotopic (exact) mass is 412 g/mol. The van der Waals surface area contributed by atoms with Crippen molar-refractivity contribution in [3.05, 3.63) is 84.6 Å².